The van der Waals surface area contributed by atoms with Gasteiger partial charge in [-0.25, -0.2) is 9.78 Å². The van der Waals surface area contributed by atoms with E-state index < -0.39 is 11.7 Å². The summed E-state index contributed by atoms with van der Waals surface area (Å²) < 4.78 is 5.06. The fourth-order valence-electron chi connectivity index (χ4n) is 1.79. The molecular formula is C16H18BN3O3S. The molecule has 0 spiro atoms. The highest BCUT2D eigenvalue weighted by molar-refractivity contribution is 7.14. The van der Waals surface area contributed by atoms with Gasteiger partial charge in [0.05, 0.1) is 5.69 Å². The molecule has 0 aliphatic heterocycles. The average molecular weight is 343 g/mol. The van der Waals surface area contributed by atoms with Crippen LogP contribution in [-0.2, 0) is 9.53 Å². The second-order valence-electron chi connectivity index (χ2n) is 6.07. The van der Waals surface area contributed by atoms with Gasteiger partial charge in [-0.15, -0.1) is 11.3 Å². The zero-order chi connectivity index (χ0) is 17.7. The number of benzene rings is 1. The Hall–Kier alpha value is -2.35. The van der Waals surface area contributed by atoms with E-state index in [0.717, 1.165) is 11.3 Å². The van der Waals surface area contributed by atoms with Gasteiger partial charge in [0, 0.05) is 10.9 Å². The number of carbonyl (C=O) groups excluding carboxylic acids is 2. The number of anilines is 1. The predicted octanol–water partition coefficient (Wildman–Crippen LogP) is 2.07. The molecule has 0 saturated heterocycles. The van der Waals surface area contributed by atoms with Crippen molar-refractivity contribution in [3.05, 3.63) is 29.6 Å². The van der Waals surface area contributed by atoms with Crippen LogP contribution in [0, 0.1) is 0 Å². The van der Waals surface area contributed by atoms with Crippen LogP contribution in [0.15, 0.2) is 29.6 Å². The van der Waals surface area contributed by atoms with Crippen molar-refractivity contribution in [1.82, 2.24) is 10.3 Å². The molecule has 2 rings (SSSR count). The second kappa shape index (κ2) is 7.48. The highest BCUT2D eigenvalue weighted by atomic mass is 32.1. The van der Waals surface area contributed by atoms with Crippen molar-refractivity contribution < 1.29 is 14.3 Å². The topological polar surface area (TPSA) is 80.3 Å². The van der Waals surface area contributed by atoms with E-state index in [1.807, 2.05) is 23.6 Å². The standard InChI is InChI=1S/C16H18BN3O3S/c1-16(2,3)23-15(22)18-8-13(21)20-14-19-12(9-24-14)10-5-4-6-11(17)7-10/h4-7,9H,8H2,1-3H3,(H,18,22)(H,19,20,21). The number of hydrogen-bond acceptors (Lipinski definition) is 5. The molecular weight excluding hydrogens is 325 g/mol. The zero-order valence-corrected chi connectivity index (χ0v) is 14.6. The van der Waals surface area contributed by atoms with Gasteiger partial charge in [0.2, 0.25) is 5.91 Å². The Bertz CT molecular complexity index is 740. The molecule has 6 nitrogen and oxygen atoms in total. The Morgan fingerprint density at radius 3 is 2.75 bits per heavy atom. The monoisotopic (exact) mass is 343 g/mol. The third-order valence-electron chi connectivity index (χ3n) is 2.73. The highest BCUT2D eigenvalue weighted by Crippen LogP contribution is 2.23. The van der Waals surface area contributed by atoms with Gasteiger partial charge in [-0.1, -0.05) is 29.7 Å². The molecule has 0 aliphatic rings. The second-order valence-corrected chi connectivity index (χ2v) is 6.93. The van der Waals surface area contributed by atoms with E-state index in [1.165, 1.54) is 11.3 Å². The maximum atomic E-state index is 11.8. The molecule has 0 aliphatic carbocycles. The van der Waals surface area contributed by atoms with Crippen LogP contribution in [0.4, 0.5) is 9.93 Å². The molecule has 2 N–H and O–H groups in total. The summed E-state index contributed by atoms with van der Waals surface area (Å²) in [5.74, 6) is -0.380. The van der Waals surface area contributed by atoms with Crippen LogP contribution in [0.3, 0.4) is 0 Å². The number of amides is 2. The van der Waals surface area contributed by atoms with Gasteiger partial charge in [0.25, 0.3) is 0 Å². The van der Waals surface area contributed by atoms with Crippen molar-refractivity contribution in [1.29, 1.82) is 0 Å². The van der Waals surface area contributed by atoms with Crippen molar-refractivity contribution in [3.63, 3.8) is 0 Å². The van der Waals surface area contributed by atoms with Crippen LogP contribution in [0.1, 0.15) is 20.8 Å². The van der Waals surface area contributed by atoms with Crippen LogP contribution in [-0.4, -0.2) is 37.0 Å². The van der Waals surface area contributed by atoms with E-state index in [1.54, 1.807) is 26.8 Å². The summed E-state index contributed by atoms with van der Waals surface area (Å²) in [4.78, 5) is 27.7. The summed E-state index contributed by atoms with van der Waals surface area (Å²) in [7, 11) is 5.75. The van der Waals surface area contributed by atoms with Crippen molar-refractivity contribution in [3.8, 4) is 11.3 Å². The van der Waals surface area contributed by atoms with Crippen LogP contribution >= 0.6 is 11.3 Å². The molecule has 1 heterocycles. The SMILES string of the molecule is [B]c1cccc(-c2csc(NC(=O)CNC(=O)OC(C)(C)C)n2)c1. The van der Waals surface area contributed by atoms with Gasteiger partial charge >= 0.3 is 6.09 Å². The average Bonchev–Trinajstić information content (AvgIpc) is 2.92. The molecule has 8 heteroatoms. The van der Waals surface area contributed by atoms with Crippen LogP contribution in [0.2, 0.25) is 0 Å². The molecule has 2 amide bonds. The van der Waals surface area contributed by atoms with Gasteiger partial charge in [-0.05, 0) is 20.8 Å². The minimum Gasteiger partial charge on any atom is -0.444 e. The zero-order valence-electron chi connectivity index (χ0n) is 13.8. The van der Waals surface area contributed by atoms with Crippen molar-refractivity contribution in [2.45, 2.75) is 26.4 Å². The van der Waals surface area contributed by atoms with Crippen molar-refractivity contribution >= 4 is 41.8 Å². The van der Waals surface area contributed by atoms with E-state index in [9.17, 15) is 9.59 Å². The third kappa shape index (κ3) is 5.70. The summed E-state index contributed by atoms with van der Waals surface area (Å²) in [5.41, 5.74) is 1.64. The lowest BCUT2D eigenvalue weighted by Crippen LogP contribution is -2.37. The summed E-state index contributed by atoms with van der Waals surface area (Å²) in [5, 5.41) is 7.30. The molecule has 0 saturated carbocycles. The lowest BCUT2D eigenvalue weighted by Gasteiger charge is -2.19. The number of nitrogens with one attached hydrogen (secondary N) is 2. The van der Waals surface area contributed by atoms with E-state index in [0.29, 0.717) is 10.6 Å². The predicted molar refractivity (Wildman–Crippen MR) is 95.8 cm³/mol. The van der Waals surface area contributed by atoms with Crippen LogP contribution in [0.25, 0.3) is 11.3 Å². The molecule has 0 fully saturated rings. The minimum atomic E-state index is -0.641. The van der Waals surface area contributed by atoms with Gasteiger partial charge in [-0.2, -0.15) is 0 Å². The molecule has 2 radical (unpaired) electrons. The molecule has 0 atom stereocenters. The number of thiazole rings is 1. The normalized spacial score (nSPS) is 11.0. The summed E-state index contributed by atoms with van der Waals surface area (Å²) in [6.45, 7) is 5.06. The number of hydrogen-bond donors (Lipinski definition) is 2. The van der Waals surface area contributed by atoms with E-state index in [-0.39, 0.29) is 12.5 Å². The number of alkyl carbamates (subject to hydrolysis) is 1. The quantitative estimate of drug-likeness (QED) is 0.833. The molecule has 2 aromatic rings. The Morgan fingerprint density at radius 2 is 2.08 bits per heavy atom. The molecule has 0 unspecified atom stereocenters. The Morgan fingerprint density at radius 1 is 1.33 bits per heavy atom. The van der Waals surface area contributed by atoms with E-state index in [2.05, 4.69) is 15.6 Å². The van der Waals surface area contributed by atoms with Crippen molar-refractivity contribution in [2.75, 3.05) is 11.9 Å². The molecule has 124 valence electrons. The Labute approximate surface area is 146 Å². The molecule has 24 heavy (non-hydrogen) atoms. The number of carbonyl (C=O) groups is 2. The first-order chi connectivity index (χ1) is 11.2. The minimum absolute atomic E-state index is 0.192. The van der Waals surface area contributed by atoms with Crippen molar-refractivity contribution in [2.24, 2.45) is 0 Å². The van der Waals surface area contributed by atoms with Gasteiger partial charge in [0.15, 0.2) is 5.13 Å². The lowest BCUT2D eigenvalue weighted by molar-refractivity contribution is -0.115. The van der Waals surface area contributed by atoms with Gasteiger partial charge < -0.3 is 15.4 Å². The third-order valence-corrected chi connectivity index (χ3v) is 3.48. The largest absolute Gasteiger partial charge is 0.444 e. The Kier molecular flexibility index (Phi) is 5.61. The summed E-state index contributed by atoms with van der Waals surface area (Å²) in [6.07, 6.45) is -0.641. The van der Waals surface area contributed by atoms with Crippen LogP contribution in [0.5, 0.6) is 0 Å². The highest BCUT2D eigenvalue weighted by Gasteiger charge is 2.17. The summed E-state index contributed by atoms with van der Waals surface area (Å²) in [6, 6.07) is 7.33. The molecule has 0 bridgehead atoms. The fraction of sp³-hybridized carbons (Fsp3) is 0.312. The van der Waals surface area contributed by atoms with Gasteiger partial charge in [0.1, 0.15) is 20.0 Å². The first-order valence-corrected chi connectivity index (χ1v) is 8.19. The fourth-order valence-corrected chi connectivity index (χ4v) is 2.53. The first-order valence-electron chi connectivity index (χ1n) is 7.31. The van der Waals surface area contributed by atoms with Gasteiger partial charge in [-0.3, -0.25) is 4.79 Å². The number of nitrogens with zero attached hydrogens (tertiary/aromatic N) is 1. The number of aromatic nitrogens is 1. The Balaban J connectivity index is 1.88. The molecule has 1 aromatic heterocycles. The lowest BCUT2D eigenvalue weighted by atomic mass is 9.94. The van der Waals surface area contributed by atoms with E-state index >= 15 is 0 Å². The number of ether oxygens (including phenoxy) is 1. The first kappa shape index (κ1) is 18.0. The van der Waals surface area contributed by atoms with Crippen LogP contribution < -0.4 is 16.1 Å². The van der Waals surface area contributed by atoms with E-state index in [4.69, 9.17) is 12.6 Å². The smallest absolute Gasteiger partial charge is 0.408 e. The number of rotatable bonds is 4. The maximum absolute atomic E-state index is 11.8. The summed E-state index contributed by atoms with van der Waals surface area (Å²) >= 11 is 1.30. The maximum Gasteiger partial charge on any atom is 0.408 e. The molecule has 1 aromatic carbocycles.